The van der Waals surface area contributed by atoms with Crippen LogP contribution in [0.25, 0.3) is 16.8 Å². The third-order valence-electron chi connectivity index (χ3n) is 4.49. The van der Waals surface area contributed by atoms with E-state index in [1.165, 1.54) is 0 Å². The largest absolute Gasteiger partial charge is 0.454 e. The molecule has 4 nitrogen and oxygen atoms in total. The summed E-state index contributed by atoms with van der Waals surface area (Å²) >= 11 is 0. The van der Waals surface area contributed by atoms with Gasteiger partial charge in [-0.2, -0.15) is 0 Å². The topological polar surface area (TPSA) is 47.6 Å². The number of amides is 1. The van der Waals surface area contributed by atoms with Crippen LogP contribution in [0.3, 0.4) is 0 Å². The van der Waals surface area contributed by atoms with Crippen molar-refractivity contribution >= 4 is 22.8 Å². The van der Waals surface area contributed by atoms with Crippen LogP contribution in [-0.2, 0) is 4.79 Å². The van der Waals surface area contributed by atoms with Gasteiger partial charge in [0.2, 0.25) is 12.7 Å². The van der Waals surface area contributed by atoms with Crippen molar-refractivity contribution in [3.8, 4) is 11.5 Å². The Kier molecular flexibility index (Phi) is 4.32. The zero-order valence-electron chi connectivity index (χ0n) is 14.4. The average Bonchev–Trinajstić information content (AvgIpc) is 3.14. The van der Waals surface area contributed by atoms with Gasteiger partial charge in [0.05, 0.1) is 6.04 Å². The molecular weight excluding hydrogens is 326 g/mol. The Balaban J connectivity index is 1.47. The predicted octanol–water partition coefficient (Wildman–Crippen LogP) is 4.46. The van der Waals surface area contributed by atoms with E-state index in [4.69, 9.17) is 9.47 Å². The van der Waals surface area contributed by atoms with E-state index in [9.17, 15) is 4.79 Å². The van der Waals surface area contributed by atoms with Gasteiger partial charge >= 0.3 is 0 Å². The highest BCUT2D eigenvalue weighted by Crippen LogP contribution is 2.34. The van der Waals surface area contributed by atoms with Crippen LogP contribution in [0.5, 0.6) is 11.5 Å². The van der Waals surface area contributed by atoms with Crippen molar-refractivity contribution in [3.63, 3.8) is 0 Å². The number of fused-ring (bicyclic) bond motifs is 2. The SMILES string of the molecule is C[C@H](NC(=O)/C=C\c1cccc2ccccc12)c1ccc2c(c1)OCO2. The summed E-state index contributed by atoms with van der Waals surface area (Å²) in [6, 6.07) is 19.8. The molecular formula is C22H19NO3. The molecule has 1 heterocycles. The lowest BCUT2D eigenvalue weighted by Gasteiger charge is -2.13. The molecule has 1 N–H and O–H groups in total. The van der Waals surface area contributed by atoms with Gasteiger partial charge in [0.25, 0.3) is 0 Å². The van der Waals surface area contributed by atoms with Gasteiger partial charge in [0.1, 0.15) is 0 Å². The standard InChI is InChI=1S/C22H19NO3/c1-15(18-9-11-20-21(13-18)26-14-25-20)23-22(24)12-10-17-7-4-6-16-5-2-3-8-19(16)17/h2-13,15H,14H2,1H3,(H,23,24)/b12-10-/t15-/m0/s1. The molecule has 130 valence electrons. The van der Waals surface area contributed by atoms with Gasteiger partial charge in [-0.3, -0.25) is 4.79 Å². The van der Waals surface area contributed by atoms with Gasteiger partial charge in [0, 0.05) is 6.08 Å². The van der Waals surface area contributed by atoms with Crippen LogP contribution in [0, 0.1) is 0 Å². The number of nitrogens with one attached hydrogen (secondary N) is 1. The fraction of sp³-hybridized carbons (Fsp3) is 0.136. The van der Waals surface area contributed by atoms with E-state index in [0.29, 0.717) is 0 Å². The van der Waals surface area contributed by atoms with Crippen molar-refractivity contribution in [1.29, 1.82) is 0 Å². The monoisotopic (exact) mass is 345 g/mol. The molecule has 1 atom stereocenters. The van der Waals surface area contributed by atoms with Gasteiger partial charge in [0.15, 0.2) is 11.5 Å². The van der Waals surface area contributed by atoms with Gasteiger partial charge in [-0.25, -0.2) is 0 Å². The molecule has 26 heavy (non-hydrogen) atoms. The van der Waals surface area contributed by atoms with Crippen LogP contribution in [-0.4, -0.2) is 12.7 Å². The molecule has 4 heteroatoms. The highest BCUT2D eigenvalue weighted by molar-refractivity contribution is 5.96. The Morgan fingerprint density at radius 3 is 2.77 bits per heavy atom. The fourth-order valence-corrected chi connectivity index (χ4v) is 3.09. The number of hydrogen-bond donors (Lipinski definition) is 1. The third kappa shape index (κ3) is 3.26. The maximum Gasteiger partial charge on any atom is 0.244 e. The van der Waals surface area contributed by atoms with E-state index >= 15 is 0 Å². The highest BCUT2D eigenvalue weighted by Gasteiger charge is 2.16. The van der Waals surface area contributed by atoms with Crippen molar-refractivity contribution in [1.82, 2.24) is 5.32 Å². The first kappa shape index (κ1) is 16.2. The fourth-order valence-electron chi connectivity index (χ4n) is 3.09. The lowest BCUT2D eigenvalue weighted by Crippen LogP contribution is -2.24. The molecule has 3 aromatic carbocycles. The smallest absolute Gasteiger partial charge is 0.244 e. The van der Waals surface area contributed by atoms with Gasteiger partial charge in [-0.1, -0.05) is 48.5 Å². The molecule has 0 unspecified atom stereocenters. The van der Waals surface area contributed by atoms with Crippen LogP contribution in [0.1, 0.15) is 24.1 Å². The van der Waals surface area contributed by atoms with Gasteiger partial charge in [-0.15, -0.1) is 0 Å². The van der Waals surface area contributed by atoms with Crippen molar-refractivity contribution < 1.29 is 14.3 Å². The number of carbonyl (C=O) groups is 1. The number of rotatable bonds is 4. The second-order valence-corrected chi connectivity index (χ2v) is 6.24. The number of carbonyl (C=O) groups excluding carboxylic acids is 1. The summed E-state index contributed by atoms with van der Waals surface area (Å²) in [5.74, 6) is 1.32. The summed E-state index contributed by atoms with van der Waals surface area (Å²) in [5.41, 5.74) is 2.00. The lowest BCUT2D eigenvalue weighted by atomic mass is 10.0. The van der Waals surface area contributed by atoms with Crippen molar-refractivity contribution in [2.45, 2.75) is 13.0 Å². The van der Waals surface area contributed by atoms with E-state index in [-0.39, 0.29) is 18.7 Å². The van der Waals surface area contributed by atoms with Gasteiger partial charge < -0.3 is 14.8 Å². The Hall–Kier alpha value is -3.27. The number of benzene rings is 3. The normalized spacial score (nSPS) is 13.9. The van der Waals surface area contributed by atoms with Crippen molar-refractivity contribution in [3.05, 3.63) is 77.9 Å². The van der Waals surface area contributed by atoms with Gasteiger partial charge in [-0.05, 0) is 47.0 Å². The average molecular weight is 345 g/mol. The first-order valence-electron chi connectivity index (χ1n) is 8.56. The molecule has 3 aromatic rings. The molecule has 0 saturated carbocycles. The van der Waals surface area contributed by atoms with Crippen LogP contribution < -0.4 is 14.8 Å². The minimum absolute atomic E-state index is 0.130. The molecule has 0 saturated heterocycles. The molecule has 0 spiro atoms. The van der Waals surface area contributed by atoms with E-state index in [1.807, 2.05) is 55.5 Å². The number of hydrogen-bond acceptors (Lipinski definition) is 3. The van der Waals surface area contributed by atoms with Crippen molar-refractivity contribution in [2.24, 2.45) is 0 Å². The summed E-state index contributed by atoms with van der Waals surface area (Å²) in [6.07, 6.45) is 3.43. The van der Waals surface area contributed by atoms with E-state index in [2.05, 4.69) is 23.5 Å². The molecule has 1 aliphatic rings. The summed E-state index contributed by atoms with van der Waals surface area (Å²) < 4.78 is 10.7. The van der Waals surface area contributed by atoms with E-state index < -0.39 is 0 Å². The molecule has 4 rings (SSSR count). The third-order valence-corrected chi connectivity index (χ3v) is 4.49. The molecule has 0 aliphatic carbocycles. The number of ether oxygens (including phenoxy) is 2. The summed E-state index contributed by atoms with van der Waals surface area (Å²) in [5, 5.41) is 5.27. The summed E-state index contributed by atoms with van der Waals surface area (Å²) in [7, 11) is 0. The Bertz CT molecular complexity index is 988. The first-order chi connectivity index (χ1) is 12.7. The summed E-state index contributed by atoms with van der Waals surface area (Å²) in [4.78, 5) is 12.3. The molecule has 1 aliphatic heterocycles. The molecule has 1 amide bonds. The summed E-state index contributed by atoms with van der Waals surface area (Å²) in [6.45, 7) is 2.19. The second-order valence-electron chi connectivity index (χ2n) is 6.24. The first-order valence-corrected chi connectivity index (χ1v) is 8.56. The van der Waals surface area contributed by atoms with Crippen LogP contribution in [0.4, 0.5) is 0 Å². The quantitative estimate of drug-likeness (QED) is 0.710. The zero-order valence-corrected chi connectivity index (χ0v) is 14.4. The second kappa shape index (κ2) is 6.92. The highest BCUT2D eigenvalue weighted by atomic mass is 16.7. The molecule has 0 bridgehead atoms. The maximum absolute atomic E-state index is 12.3. The maximum atomic E-state index is 12.3. The minimum Gasteiger partial charge on any atom is -0.454 e. The van der Waals surface area contributed by atoms with Crippen molar-refractivity contribution in [2.75, 3.05) is 6.79 Å². The molecule has 0 fully saturated rings. The molecule has 0 radical (unpaired) electrons. The van der Waals surface area contributed by atoms with Crippen LogP contribution >= 0.6 is 0 Å². The Morgan fingerprint density at radius 2 is 1.85 bits per heavy atom. The minimum atomic E-state index is -0.136. The van der Waals surface area contributed by atoms with E-state index in [0.717, 1.165) is 33.4 Å². The Labute approximate surface area is 152 Å². The Morgan fingerprint density at radius 1 is 1.04 bits per heavy atom. The van der Waals surface area contributed by atoms with E-state index in [1.54, 1.807) is 6.08 Å². The van der Waals surface area contributed by atoms with Crippen LogP contribution in [0.2, 0.25) is 0 Å². The van der Waals surface area contributed by atoms with Crippen LogP contribution in [0.15, 0.2) is 66.7 Å². The predicted molar refractivity (Wildman–Crippen MR) is 102 cm³/mol. The molecule has 0 aromatic heterocycles. The zero-order chi connectivity index (χ0) is 17.9. The lowest BCUT2D eigenvalue weighted by molar-refractivity contribution is -0.117.